The summed E-state index contributed by atoms with van der Waals surface area (Å²) in [6.45, 7) is 2.91. The van der Waals surface area contributed by atoms with Crippen molar-refractivity contribution in [1.29, 1.82) is 0 Å². The smallest absolute Gasteiger partial charge is 0.259 e. The van der Waals surface area contributed by atoms with Crippen LogP contribution >= 0.6 is 22.6 Å². The molecule has 0 aliphatic carbocycles. The third-order valence-electron chi connectivity index (χ3n) is 2.88. The molecule has 0 saturated heterocycles. The third-order valence-corrected chi connectivity index (χ3v) is 5.01. The van der Waals surface area contributed by atoms with E-state index in [0.29, 0.717) is 6.42 Å². The lowest BCUT2D eigenvalue weighted by Gasteiger charge is -2.07. The maximum absolute atomic E-state index is 12.0. The van der Waals surface area contributed by atoms with Gasteiger partial charge < -0.3 is 5.32 Å². The van der Waals surface area contributed by atoms with Crippen molar-refractivity contribution < 1.29 is 18.0 Å². The summed E-state index contributed by atoms with van der Waals surface area (Å²) in [6, 6.07) is 6.20. The molecule has 1 rings (SSSR count). The van der Waals surface area contributed by atoms with E-state index in [9.17, 15) is 18.0 Å². The first-order valence-electron chi connectivity index (χ1n) is 7.08. The van der Waals surface area contributed by atoms with Crippen LogP contribution in [-0.2, 0) is 19.6 Å². The summed E-state index contributed by atoms with van der Waals surface area (Å²) in [5, 5.41) is 6.12. The van der Waals surface area contributed by atoms with Crippen molar-refractivity contribution >= 4 is 50.1 Å². The summed E-state index contributed by atoms with van der Waals surface area (Å²) < 4.78 is 27.1. The number of sulfonamides is 1. The molecule has 3 N–H and O–H groups in total. The molecule has 0 unspecified atom stereocenters. The van der Waals surface area contributed by atoms with E-state index in [1.54, 1.807) is 19.1 Å². The fourth-order valence-electron chi connectivity index (χ4n) is 1.38. The zero-order chi connectivity index (χ0) is 18.2. The van der Waals surface area contributed by atoms with Gasteiger partial charge in [0.1, 0.15) is 0 Å². The Balaban J connectivity index is 2.43. The minimum absolute atomic E-state index is 0.0674. The fourth-order valence-corrected chi connectivity index (χ4v) is 2.72. The van der Waals surface area contributed by atoms with Gasteiger partial charge in [0.15, 0.2) is 0 Å². The summed E-state index contributed by atoms with van der Waals surface area (Å²) >= 11 is 2.06. The number of nitrogens with one attached hydrogen (secondary N) is 3. The van der Waals surface area contributed by atoms with Crippen molar-refractivity contribution in [2.45, 2.75) is 25.2 Å². The molecular formula is C14H19IN4O4S. The average molecular weight is 466 g/mol. The van der Waals surface area contributed by atoms with Crippen molar-refractivity contribution in [1.82, 2.24) is 15.5 Å². The first kappa shape index (κ1) is 20.5. The lowest BCUT2D eigenvalue weighted by atomic mass is 10.3. The van der Waals surface area contributed by atoms with Gasteiger partial charge in [-0.05, 0) is 60.2 Å². The van der Waals surface area contributed by atoms with Gasteiger partial charge in [0.25, 0.3) is 5.91 Å². The van der Waals surface area contributed by atoms with Crippen LogP contribution in [-0.4, -0.2) is 39.0 Å². The molecule has 0 aromatic heterocycles. The van der Waals surface area contributed by atoms with Crippen LogP contribution in [0.2, 0.25) is 0 Å². The van der Waals surface area contributed by atoms with Crippen LogP contribution in [0.15, 0.2) is 34.3 Å². The van der Waals surface area contributed by atoms with Crippen molar-refractivity contribution in [3.63, 3.8) is 0 Å². The number of hydrazone groups is 1. The number of nitrogens with zero attached hydrogens (tertiary/aromatic N) is 1. The van der Waals surface area contributed by atoms with Crippen LogP contribution in [0.1, 0.15) is 20.3 Å². The summed E-state index contributed by atoms with van der Waals surface area (Å²) in [7, 11) is -3.77. The zero-order valence-corrected chi connectivity index (χ0v) is 16.3. The fraction of sp³-hybridized carbons (Fsp3) is 0.357. The molecule has 0 bridgehead atoms. The van der Waals surface area contributed by atoms with E-state index in [4.69, 9.17) is 0 Å². The maximum atomic E-state index is 12.0. The number of halogens is 1. The standard InChI is InChI=1S/C14H19IN4O4S/c1-3-10(2)18-19-14(21)8-16-13(20)9-17-24(22,23)12-6-4-11(15)5-7-12/h4-7,17H,3,8-9H2,1-2H3,(H,16,20)(H,19,21). The van der Waals surface area contributed by atoms with Gasteiger partial charge in [0, 0.05) is 9.28 Å². The lowest BCUT2D eigenvalue weighted by molar-refractivity contribution is -0.125. The van der Waals surface area contributed by atoms with E-state index in [-0.39, 0.29) is 11.4 Å². The molecule has 0 atom stereocenters. The van der Waals surface area contributed by atoms with Crippen molar-refractivity contribution in [3.8, 4) is 0 Å². The molecule has 8 nitrogen and oxygen atoms in total. The van der Waals surface area contributed by atoms with E-state index in [2.05, 4.69) is 43.2 Å². The second-order valence-corrected chi connectivity index (χ2v) is 7.80. The molecule has 2 amide bonds. The molecule has 0 aliphatic rings. The Hall–Kier alpha value is -1.53. The van der Waals surface area contributed by atoms with Crippen LogP contribution in [0.25, 0.3) is 0 Å². The number of benzene rings is 1. The summed E-state index contributed by atoms with van der Waals surface area (Å²) in [5.41, 5.74) is 3.04. The predicted molar refractivity (Wildman–Crippen MR) is 98.9 cm³/mol. The van der Waals surface area contributed by atoms with Crippen molar-refractivity contribution in [2.75, 3.05) is 13.1 Å². The second-order valence-electron chi connectivity index (χ2n) is 4.79. The number of hydrogen-bond donors (Lipinski definition) is 3. The minimum Gasteiger partial charge on any atom is -0.346 e. The summed E-state index contributed by atoms with van der Waals surface area (Å²) in [6.07, 6.45) is 0.701. The Morgan fingerprint density at radius 2 is 1.75 bits per heavy atom. The van der Waals surface area contributed by atoms with Gasteiger partial charge >= 0.3 is 0 Å². The predicted octanol–water partition coefficient (Wildman–Crippen LogP) is 0.588. The van der Waals surface area contributed by atoms with E-state index in [0.717, 1.165) is 9.28 Å². The van der Waals surface area contributed by atoms with Crippen LogP contribution < -0.4 is 15.5 Å². The molecule has 0 aliphatic heterocycles. The highest BCUT2D eigenvalue weighted by molar-refractivity contribution is 14.1. The minimum atomic E-state index is -3.77. The highest BCUT2D eigenvalue weighted by Crippen LogP contribution is 2.11. The Morgan fingerprint density at radius 3 is 2.33 bits per heavy atom. The van der Waals surface area contributed by atoms with Crippen LogP contribution in [0, 0.1) is 3.57 Å². The van der Waals surface area contributed by atoms with E-state index < -0.39 is 28.4 Å². The SMILES string of the molecule is CCC(C)=NNC(=O)CNC(=O)CNS(=O)(=O)c1ccc(I)cc1. The third kappa shape index (κ3) is 7.36. The largest absolute Gasteiger partial charge is 0.346 e. The van der Waals surface area contributed by atoms with Gasteiger partial charge in [0.05, 0.1) is 18.0 Å². The highest BCUT2D eigenvalue weighted by atomic mass is 127. The highest BCUT2D eigenvalue weighted by Gasteiger charge is 2.15. The van der Waals surface area contributed by atoms with Gasteiger partial charge in [-0.3, -0.25) is 9.59 Å². The molecule has 0 spiro atoms. The van der Waals surface area contributed by atoms with E-state index in [1.807, 2.05) is 6.92 Å². The number of carbonyl (C=O) groups excluding carboxylic acids is 2. The number of rotatable bonds is 8. The van der Waals surface area contributed by atoms with Crippen LogP contribution in [0.3, 0.4) is 0 Å². The first-order chi connectivity index (χ1) is 11.2. The van der Waals surface area contributed by atoms with Crippen LogP contribution in [0.5, 0.6) is 0 Å². The second kappa shape index (κ2) is 9.69. The van der Waals surface area contributed by atoms with Crippen LogP contribution in [0.4, 0.5) is 0 Å². The van der Waals surface area contributed by atoms with Crippen molar-refractivity contribution in [2.24, 2.45) is 5.10 Å². The Morgan fingerprint density at radius 1 is 1.12 bits per heavy atom. The summed E-state index contributed by atoms with van der Waals surface area (Å²) in [5.74, 6) is -1.10. The number of hydrogen-bond acceptors (Lipinski definition) is 5. The lowest BCUT2D eigenvalue weighted by Crippen LogP contribution is -2.41. The maximum Gasteiger partial charge on any atom is 0.259 e. The monoisotopic (exact) mass is 466 g/mol. The van der Waals surface area contributed by atoms with E-state index in [1.165, 1.54) is 12.1 Å². The van der Waals surface area contributed by atoms with Crippen molar-refractivity contribution in [3.05, 3.63) is 27.8 Å². The first-order valence-corrected chi connectivity index (χ1v) is 9.64. The molecule has 10 heteroatoms. The Labute approximate surface area is 154 Å². The molecule has 0 heterocycles. The molecule has 132 valence electrons. The van der Waals surface area contributed by atoms with Gasteiger partial charge in [-0.25, -0.2) is 18.6 Å². The van der Waals surface area contributed by atoms with Gasteiger partial charge in [-0.15, -0.1) is 0 Å². The Kier molecular flexibility index (Phi) is 8.28. The quantitative estimate of drug-likeness (QED) is 0.295. The molecule has 1 aromatic rings. The molecular weight excluding hydrogens is 447 g/mol. The van der Waals surface area contributed by atoms with E-state index >= 15 is 0 Å². The van der Waals surface area contributed by atoms with Gasteiger partial charge in [0.2, 0.25) is 15.9 Å². The topological polar surface area (TPSA) is 117 Å². The number of amides is 2. The average Bonchev–Trinajstić information content (AvgIpc) is 2.56. The molecule has 1 aromatic carbocycles. The Bertz CT molecular complexity index is 717. The molecule has 0 radical (unpaired) electrons. The number of carbonyl (C=O) groups is 2. The normalized spacial score (nSPS) is 11.9. The van der Waals surface area contributed by atoms with Gasteiger partial charge in [-0.2, -0.15) is 5.10 Å². The molecule has 24 heavy (non-hydrogen) atoms. The molecule has 0 saturated carbocycles. The molecule has 0 fully saturated rings. The van der Waals surface area contributed by atoms with Gasteiger partial charge in [-0.1, -0.05) is 6.92 Å². The summed E-state index contributed by atoms with van der Waals surface area (Å²) in [4.78, 5) is 23.1. The zero-order valence-electron chi connectivity index (χ0n) is 13.3.